The molecule has 1 unspecified atom stereocenters. The smallest absolute Gasteiger partial charge is 0.165 e. The van der Waals surface area contributed by atoms with Crippen molar-refractivity contribution >= 4 is 11.6 Å². The molecular formula is C17H19ClFNO. The molecule has 0 aliphatic rings. The topological polar surface area (TPSA) is 21.3 Å². The number of methoxy groups -OCH3 is 1. The Morgan fingerprint density at radius 3 is 2.48 bits per heavy atom. The first-order valence-electron chi connectivity index (χ1n) is 6.78. The summed E-state index contributed by atoms with van der Waals surface area (Å²) in [4.78, 5) is 0. The van der Waals surface area contributed by atoms with E-state index in [1.807, 2.05) is 43.3 Å². The van der Waals surface area contributed by atoms with E-state index in [1.165, 1.54) is 13.2 Å². The first-order chi connectivity index (χ1) is 10.1. The predicted molar refractivity (Wildman–Crippen MR) is 84.3 cm³/mol. The van der Waals surface area contributed by atoms with Gasteiger partial charge in [-0.05, 0) is 30.2 Å². The molecule has 4 heteroatoms. The molecule has 0 saturated carbocycles. The minimum absolute atomic E-state index is 0.252. The maximum absolute atomic E-state index is 13.7. The Bertz CT molecular complexity index is 591. The summed E-state index contributed by atoms with van der Waals surface area (Å²) >= 11 is 6.13. The van der Waals surface area contributed by atoms with Crippen molar-refractivity contribution < 1.29 is 9.13 Å². The third-order valence-electron chi connectivity index (χ3n) is 3.58. The maximum atomic E-state index is 13.7. The molecule has 0 spiro atoms. The third kappa shape index (κ3) is 3.74. The fraction of sp³-hybridized carbons (Fsp3) is 0.294. The molecule has 0 radical (unpaired) electrons. The highest BCUT2D eigenvalue weighted by molar-refractivity contribution is 6.18. The normalized spacial score (nSPS) is 13.7. The lowest BCUT2D eigenvalue weighted by Crippen LogP contribution is -2.40. The van der Waals surface area contributed by atoms with Crippen molar-refractivity contribution in [2.45, 2.75) is 19.0 Å². The van der Waals surface area contributed by atoms with Crippen LogP contribution in [0.4, 0.5) is 4.39 Å². The van der Waals surface area contributed by atoms with Crippen molar-refractivity contribution in [3.05, 3.63) is 65.5 Å². The van der Waals surface area contributed by atoms with E-state index in [4.69, 9.17) is 16.3 Å². The van der Waals surface area contributed by atoms with Gasteiger partial charge in [-0.3, -0.25) is 0 Å². The summed E-state index contributed by atoms with van der Waals surface area (Å²) in [5, 5.41) is 3.40. The average molecular weight is 308 g/mol. The van der Waals surface area contributed by atoms with Crippen LogP contribution in [0.25, 0.3) is 0 Å². The van der Waals surface area contributed by atoms with Crippen LogP contribution in [0.2, 0.25) is 0 Å². The summed E-state index contributed by atoms with van der Waals surface area (Å²) in [5.74, 6) is 0.321. The number of hydrogen-bond donors (Lipinski definition) is 1. The Kier molecular flexibility index (Phi) is 5.21. The summed E-state index contributed by atoms with van der Waals surface area (Å²) < 4.78 is 18.6. The molecule has 2 rings (SSSR count). The molecule has 0 fully saturated rings. The first-order valence-corrected chi connectivity index (χ1v) is 7.31. The van der Waals surface area contributed by atoms with Crippen LogP contribution in [0.15, 0.2) is 48.5 Å². The zero-order chi connectivity index (χ0) is 15.3. The molecular weight excluding hydrogens is 289 g/mol. The standard InChI is InChI=1S/C17H19ClFNO/c1-17(12-18,14-6-4-3-5-7-14)20-11-13-8-9-16(21-2)15(19)10-13/h3-10,20H,11-12H2,1-2H3. The lowest BCUT2D eigenvalue weighted by Gasteiger charge is -2.29. The summed E-state index contributed by atoms with van der Waals surface area (Å²) in [6, 6.07) is 14.9. The van der Waals surface area contributed by atoms with Gasteiger partial charge in [0.1, 0.15) is 0 Å². The minimum atomic E-state index is -0.362. The number of alkyl halides is 1. The Balaban J connectivity index is 2.12. The van der Waals surface area contributed by atoms with Gasteiger partial charge in [-0.1, -0.05) is 36.4 Å². The van der Waals surface area contributed by atoms with E-state index in [1.54, 1.807) is 6.07 Å². The molecule has 0 aromatic heterocycles. The van der Waals surface area contributed by atoms with Gasteiger partial charge in [0.15, 0.2) is 11.6 Å². The van der Waals surface area contributed by atoms with Gasteiger partial charge in [0.2, 0.25) is 0 Å². The number of rotatable bonds is 6. The molecule has 1 atom stereocenters. The van der Waals surface area contributed by atoms with Crippen LogP contribution >= 0.6 is 11.6 Å². The van der Waals surface area contributed by atoms with E-state index in [2.05, 4.69) is 5.32 Å². The Hall–Kier alpha value is -1.58. The Morgan fingerprint density at radius 1 is 1.19 bits per heavy atom. The first kappa shape index (κ1) is 15.8. The summed E-state index contributed by atoms with van der Waals surface area (Å²) in [7, 11) is 1.45. The van der Waals surface area contributed by atoms with E-state index in [0.717, 1.165) is 11.1 Å². The Morgan fingerprint density at radius 2 is 1.90 bits per heavy atom. The van der Waals surface area contributed by atoms with Crippen molar-refractivity contribution in [1.82, 2.24) is 5.32 Å². The second-order valence-corrected chi connectivity index (χ2v) is 5.42. The van der Waals surface area contributed by atoms with Crippen LogP contribution in [-0.2, 0) is 12.1 Å². The lowest BCUT2D eigenvalue weighted by molar-refractivity contribution is 0.384. The quantitative estimate of drug-likeness (QED) is 0.812. The molecule has 0 bridgehead atoms. The number of benzene rings is 2. The largest absolute Gasteiger partial charge is 0.494 e. The Labute approximate surface area is 129 Å². The van der Waals surface area contributed by atoms with Crippen molar-refractivity contribution in [1.29, 1.82) is 0 Å². The zero-order valence-electron chi connectivity index (χ0n) is 12.2. The molecule has 21 heavy (non-hydrogen) atoms. The van der Waals surface area contributed by atoms with Gasteiger partial charge in [-0.2, -0.15) is 0 Å². The molecule has 0 amide bonds. The molecule has 0 aliphatic carbocycles. The van der Waals surface area contributed by atoms with Gasteiger partial charge >= 0.3 is 0 Å². The van der Waals surface area contributed by atoms with Crippen LogP contribution in [0.1, 0.15) is 18.1 Å². The molecule has 0 heterocycles. The second kappa shape index (κ2) is 6.92. The third-order valence-corrected chi connectivity index (χ3v) is 4.11. The van der Waals surface area contributed by atoms with E-state index < -0.39 is 0 Å². The van der Waals surface area contributed by atoms with Crippen LogP contribution < -0.4 is 10.1 Å². The number of hydrogen-bond acceptors (Lipinski definition) is 2. The van der Waals surface area contributed by atoms with Crippen molar-refractivity contribution in [2.75, 3.05) is 13.0 Å². The number of nitrogens with one attached hydrogen (secondary N) is 1. The van der Waals surface area contributed by atoms with Crippen LogP contribution in [0.3, 0.4) is 0 Å². The van der Waals surface area contributed by atoms with E-state index in [9.17, 15) is 4.39 Å². The lowest BCUT2D eigenvalue weighted by atomic mass is 9.94. The predicted octanol–water partition coefficient (Wildman–Crippen LogP) is 4.08. The number of halogens is 2. The fourth-order valence-electron chi connectivity index (χ4n) is 2.15. The SMILES string of the molecule is COc1ccc(CNC(C)(CCl)c2ccccc2)cc1F. The van der Waals surface area contributed by atoms with Crippen LogP contribution in [0, 0.1) is 5.82 Å². The summed E-state index contributed by atoms with van der Waals surface area (Å²) in [5.41, 5.74) is 1.59. The van der Waals surface area contributed by atoms with E-state index >= 15 is 0 Å². The zero-order valence-corrected chi connectivity index (χ0v) is 13.0. The maximum Gasteiger partial charge on any atom is 0.165 e. The molecule has 2 aromatic rings. The summed E-state index contributed by atoms with van der Waals surface area (Å²) in [6.07, 6.45) is 0. The van der Waals surface area contributed by atoms with Gasteiger partial charge in [-0.15, -0.1) is 11.6 Å². The highest BCUT2D eigenvalue weighted by atomic mass is 35.5. The van der Waals surface area contributed by atoms with Crippen molar-refractivity contribution in [3.63, 3.8) is 0 Å². The molecule has 2 aromatic carbocycles. The monoisotopic (exact) mass is 307 g/mol. The van der Waals surface area contributed by atoms with Crippen molar-refractivity contribution in [3.8, 4) is 5.75 Å². The second-order valence-electron chi connectivity index (χ2n) is 5.15. The molecule has 0 aliphatic heterocycles. The van der Waals surface area contributed by atoms with Crippen LogP contribution in [-0.4, -0.2) is 13.0 Å². The van der Waals surface area contributed by atoms with Gasteiger partial charge in [0.25, 0.3) is 0 Å². The summed E-state index contributed by atoms with van der Waals surface area (Å²) in [6.45, 7) is 2.56. The average Bonchev–Trinajstić information content (AvgIpc) is 2.53. The van der Waals surface area contributed by atoms with Gasteiger partial charge < -0.3 is 10.1 Å². The van der Waals surface area contributed by atoms with E-state index in [-0.39, 0.29) is 17.1 Å². The van der Waals surface area contributed by atoms with Gasteiger partial charge in [-0.25, -0.2) is 4.39 Å². The molecule has 2 nitrogen and oxygen atoms in total. The highest BCUT2D eigenvalue weighted by Crippen LogP contribution is 2.23. The highest BCUT2D eigenvalue weighted by Gasteiger charge is 2.24. The molecule has 0 saturated heterocycles. The molecule has 1 N–H and O–H groups in total. The van der Waals surface area contributed by atoms with Crippen molar-refractivity contribution in [2.24, 2.45) is 0 Å². The van der Waals surface area contributed by atoms with E-state index in [0.29, 0.717) is 12.4 Å². The van der Waals surface area contributed by atoms with Crippen LogP contribution in [0.5, 0.6) is 5.75 Å². The van der Waals surface area contributed by atoms with Gasteiger partial charge in [0, 0.05) is 12.4 Å². The van der Waals surface area contributed by atoms with Gasteiger partial charge in [0.05, 0.1) is 12.6 Å². The fourth-order valence-corrected chi connectivity index (χ4v) is 2.40. The number of ether oxygens (including phenoxy) is 1. The minimum Gasteiger partial charge on any atom is -0.494 e. The molecule has 112 valence electrons.